The Morgan fingerprint density at radius 3 is 1.71 bits per heavy atom. The van der Waals surface area contributed by atoms with Gasteiger partial charge in [0.1, 0.15) is 0 Å². The lowest BCUT2D eigenvalue weighted by Crippen LogP contribution is -2.48. The number of carbonyl (C=O) groups excluding carboxylic acids is 4. The van der Waals surface area contributed by atoms with Crippen LogP contribution in [0.2, 0.25) is 0 Å². The molecule has 0 bridgehead atoms. The highest BCUT2D eigenvalue weighted by molar-refractivity contribution is 6.12. The molecule has 4 atom stereocenters. The number of fused-ring (bicyclic) bond motifs is 6. The Morgan fingerprint density at radius 1 is 0.526 bits per heavy atom. The van der Waals surface area contributed by atoms with Crippen molar-refractivity contribution in [2.24, 2.45) is 0 Å². The second-order valence-corrected chi connectivity index (χ2v) is 9.36. The van der Waals surface area contributed by atoms with E-state index in [2.05, 4.69) is 6.07 Å². The summed E-state index contributed by atoms with van der Waals surface area (Å²) in [7, 11) is 0. The Hall–Kier alpha value is -4.46. The van der Waals surface area contributed by atoms with E-state index in [1.54, 1.807) is 6.07 Å². The van der Waals surface area contributed by atoms with E-state index < -0.39 is 48.3 Å². The average Bonchev–Trinajstić information content (AvgIpc) is 2.85. The lowest BCUT2D eigenvalue weighted by molar-refractivity contribution is -0.204. The highest BCUT2D eigenvalue weighted by Crippen LogP contribution is 2.47. The lowest BCUT2D eigenvalue weighted by Gasteiger charge is -2.41. The van der Waals surface area contributed by atoms with E-state index in [1.165, 1.54) is 27.7 Å². The molecule has 0 unspecified atom stereocenters. The summed E-state index contributed by atoms with van der Waals surface area (Å²) >= 11 is 0. The van der Waals surface area contributed by atoms with Gasteiger partial charge in [-0.05, 0) is 44.5 Å². The first-order chi connectivity index (χ1) is 18.1. The molecule has 0 spiro atoms. The standard InChI is InChI=1S/C30H26O8/c1-15(31)35-27-23-12-11-21-13-20-10-9-19-7-5-6-8-22(19)24(20)14-25(21)26(23)28(36-16(2)32)30(38-18(4)34)29(27)37-17(3)33/h5-14,27-30H,1-4H3/t27-,28-,29+,30+/m0/s1. The maximum Gasteiger partial charge on any atom is 0.303 e. The number of hydrogen-bond acceptors (Lipinski definition) is 8. The number of rotatable bonds is 4. The normalized spacial score (nSPS) is 20.5. The molecule has 4 aromatic rings. The third-order valence-corrected chi connectivity index (χ3v) is 6.66. The molecule has 0 N–H and O–H groups in total. The van der Waals surface area contributed by atoms with E-state index in [4.69, 9.17) is 18.9 Å². The molecular weight excluding hydrogens is 488 g/mol. The van der Waals surface area contributed by atoms with Gasteiger partial charge in [0.15, 0.2) is 24.4 Å². The molecule has 38 heavy (non-hydrogen) atoms. The highest BCUT2D eigenvalue weighted by atomic mass is 16.6. The van der Waals surface area contributed by atoms with Gasteiger partial charge >= 0.3 is 23.9 Å². The minimum Gasteiger partial charge on any atom is -0.454 e. The van der Waals surface area contributed by atoms with Crippen LogP contribution in [0.25, 0.3) is 32.3 Å². The van der Waals surface area contributed by atoms with Crippen LogP contribution in [-0.4, -0.2) is 36.1 Å². The van der Waals surface area contributed by atoms with Gasteiger partial charge in [0, 0.05) is 38.8 Å². The molecule has 8 heteroatoms. The topological polar surface area (TPSA) is 105 Å². The zero-order valence-corrected chi connectivity index (χ0v) is 21.3. The van der Waals surface area contributed by atoms with Gasteiger partial charge in [0.05, 0.1) is 0 Å². The van der Waals surface area contributed by atoms with E-state index >= 15 is 0 Å². The second kappa shape index (κ2) is 9.78. The number of esters is 4. The van der Waals surface area contributed by atoms with Gasteiger partial charge in [0.25, 0.3) is 0 Å². The largest absolute Gasteiger partial charge is 0.454 e. The number of hydrogen-bond donors (Lipinski definition) is 0. The maximum absolute atomic E-state index is 12.3. The molecule has 5 rings (SSSR count). The Morgan fingerprint density at radius 2 is 1.05 bits per heavy atom. The minimum atomic E-state index is -1.26. The fraction of sp³-hybridized carbons (Fsp3) is 0.267. The summed E-state index contributed by atoms with van der Waals surface area (Å²) < 4.78 is 22.6. The van der Waals surface area contributed by atoms with Crippen LogP contribution in [0, 0.1) is 0 Å². The van der Waals surface area contributed by atoms with Crippen LogP contribution in [0.4, 0.5) is 0 Å². The molecular formula is C30H26O8. The predicted octanol–water partition coefficient (Wildman–Crippen LogP) is 5.23. The first-order valence-electron chi connectivity index (χ1n) is 12.2. The van der Waals surface area contributed by atoms with Crippen LogP contribution < -0.4 is 0 Å². The van der Waals surface area contributed by atoms with E-state index in [0.717, 1.165) is 32.3 Å². The molecule has 1 aliphatic carbocycles. The van der Waals surface area contributed by atoms with Crippen LogP contribution in [0.15, 0.2) is 60.7 Å². The van der Waals surface area contributed by atoms with Gasteiger partial charge < -0.3 is 18.9 Å². The van der Waals surface area contributed by atoms with Crippen molar-refractivity contribution in [1.29, 1.82) is 0 Å². The first-order valence-corrected chi connectivity index (χ1v) is 12.2. The molecule has 0 saturated carbocycles. The molecule has 194 valence electrons. The van der Waals surface area contributed by atoms with Crippen molar-refractivity contribution in [3.05, 3.63) is 71.8 Å². The van der Waals surface area contributed by atoms with Crippen molar-refractivity contribution < 1.29 is 38.1 Å². The lowest BCUT2D eigenvalue weighted by atomic mass is 9.79. The van der Waals surface area contributed by atoms with E-state index in [0.29, 0.717) is 11.1 Å². The van der Waals surface area contributed by atoms with Gasteiger partial charge in [-0.2, -0.15) is 0 Å². The fourth-order valence-electron chi connectivity index (χ4n) is 5.37. The fourth-order valence-corrected chi connectivity index (χ4v) is 5.37. The molecule has 1 aliphatic rings. The van der Waals surface area contributed by atoms with Crippen molar-refractivity contribution in [1.82, 2.24) is 0 Å². The van der Waals surface area contributed by atoms with Gasteiger partial charge in [-0.25, -0.2) is 0 Å². The third kappa shape index (κ3) is 4.53. The smallest absolute Gasteiger partial charge is 0.303 e. The van der Waals surface area contributed by atoms with Crippen molar-refractivity contribution >= 4 is 56.2 Å². The Bertz CT molecular complexity index is 1620. The monoisotopic (exact) mass is 514 g/mol. The van der Waals surface area contributed by atoms with Gasteiger partial charge in [-0.1, -0.05) is 48.5 Å². The van der Waals surface area contributed by atoms with Crippen molar-refractivity contribution in [3.63, 3.8) is 0 Å². The molecule has 0 amide bonds. The number of ether oxygens (including phenoxy) is 4. The number of carbonyl (C=O) groups is 4. The van der Waals surface area contributed by atoms with Crippen LogP contribution in [0.5, 0.6) is 0 Å². The third-order valence-electron chi connectivity index (χ3n) is 6.66. The van der Waals surface area contributed by atoms with Gasteiger partial charge in [-0.3, -0.25) is 19.2 Å². The Kier molecular flexibility index (Phi) is 6.48. The molecule has 0 fully saturated rings. The summed E-state index contributed by atoms with van der Waals surface area (Å²) in [5.41, 5.74) is 1.02. The van der Waals surface area contributed by atoms with Crippen LogP contribution in [-0.2, 0) is 38.1 Å². The molecule has 8 nitrogen and oxygen atoms in total. The molecule has 0 radical (unpaired) electrons. The summed E-state index contributed by atoms with van der Waals surface area (Å²) in [4.78, 5) is 48.8. The van der Waals surface area contributed by atoms with Crippen molar-refractivity contribution in [3.8, 4) is 0 Å². The average molecular weight is 515 g/mol. The minimum absolute atomic E-state index is 0.494. The Labute approximate surface area is 218 Å². The predicted molar refractivity (Wildman–Crippen MR) is 139 cm³/mol. The van der Waals surface area contributed by atoms with E-state index in [1.807, 2.05) is 48.5 Å². The first kappa shape index (κ1) is 25.2. The Balaban J connectivity index is 1.86. The van der Waals surface area contributed by atoms with E-state index in [-0.39, 0.29) is 0 Å². The highest BCUT2D eigenvalue weighted by Gasteiger charge is 2.51. The SMILES string of the molecule is CC(=O)O[C@H]1[C@H](OC(C)=O)[C@@H](OC(C)=O)c2c(ccc3cc4ccc5ccccc5c4cc23)[C@@H]1OC(C)=O. The molecule has 0 saturated heterocycles. The van der Waals surface area contributed by atoms with Crippen LogP contribution in [0.1, 0.15) is 51.0 Å². The van der Waals surface area contributed by atoms with Gasteiger partial charge in [-0.15, -0.1) is 0 Å². The summed E-state index contributed by atoms with van der Waals surface area (Å²) in [6.45, 7) is 4.89. The van der Waals surface area contributed by atoms with Crippen molar-refractivity contribution in [2.45, 2.75) is 52.1 Å². The number of benzene rings is 4. The summed E-state index contributed by atoms with van der Waals surface area (Å²) in [5.74, 6) is -2.58. The second-order valence-electron chi connectivity index (χ2n) is 9.36. The molecule has 0 aliphatic heterocycles. The van der Waals surface area contributed by atoms with Gasteiger partial charge in [0.2, 0.25) is 0 Å². The van der Waals surface area contributed by atoms with E-state index in [9.17, 15) is 19.2 Å². The maximum atomic E-state index is 12.3. The summed E-state index contributed by atoms with van der Waals surface area (Å²) in [6.07, 6.45) is -4.73. The van der Waals surface area contributed by atoms with Crippen LogP contribution in [0.3, 0.4) is 0 Å². The van der Waals surface area contributed by atoms with Crippen molar-refractivity contribution in [2.75, 3.05) is 0 Å². The molecule has 0 heterocycles. The quantitative estimate of drug-likeness (QED) is 0.158. The zero-order chi connectivity index (χ0) is 27.1. The summed E-state index contributed by atoms with van der Waals surface area (Å²) in [6, 6.07) is 19.8. The summed E-state index contributed by atoms with van der Waals surface area (Å²) in [5, 5.41) is 5.66. The molecule has 4 aromatic carbocycles. The molecule has 0 aromatic heterocycles. The van der Waals surface area contributed by atoms with Crippen LogP contribution >= 0.6 is 0 Å². The zero-order valence-electron chi connectivity index (χ0n) is 21.3.